The van der Waals surface area contributed by atoms with E-state index in [2.05, 4.69) is 6.92 Å². The topological polar surface area (TPSA) is 46.3 Å². The predicted molar refractivity (Wildman–Crippen MR) is 67.4 cm³/mol. The maximum Gasteiger partial charge on any atom is 0.253 e. The molecule has 2 N–H and O–H groups in total. The van der Waals surface area contributed by atoms with E-state index in [1.165, 1.54) is 0 Å². The van der Waals surface area contributed by atoms with Crippen LogP contribution in [0.25, 0.3) is 0 Å². The van der Waals surface area contributed by atoms with Crippen molar-refractivity contribution in [2.24, 2.45) is 0 Å². The molecule has 0 aliphatic rings. The molecule has 0 aromatic heterocycles. The first-order valence-corrected chi connectivity index (χ1v) is 5.60. The number of amides is 1. The lowest BCUT2D eigenvalue weighted by atomic mass is 10.1. The lowest BCUT2D eigenvalue weighted by molar-refractivity contribution is 0.0740. The van der Waals surface area contributed by atoms with Crippen LogP contribution in [0.2, 0.25) is 0 Å². The van der Waals surface area contributed by atoms with Crippen LogP contribution in [0.5, 0.6) is 0 Å². The van der Waals surface area contributed by atoms with Gasteiger partial charge in [0.15, 0.2) is 0 Å². The number of benzene rings is 1. The fourth-order valence-corrected chi connectivity index (χ4v) is 1.45. The summed E-state index contributed by atoms with van der Waals surface area (Å²) in [4.78, 5) is 13.8. The molecule has 0 fully saturated rings. The summed E-state index contributed by atoms with van der Waals surface area (Å²) in [6.45, 7) is 6.04. The summed E-state index contributed by atoms with van der Waals surface area (Å²) in [5, 5.41) is 0. The largest absolute Gasteiger partial charge is 0.398 e. The van der Waals surface area contributed by atoms with Crippen molar-refractivity contribution in [1.29, 1.82) is 0 Å². The lowest BCUT2D eigenvalue weighted by Crippen LogP contribution is -2.34. The Labute approximate surface area is 97.2 Å². The van der Waals surface area contributed by atoms with Crippen molar-refractivity contribution in [3.05, 3.63) is 29.3 Å². The molecular weight excluding hydrogens is 200 g/mol. The minimum Gasteiger partial charge on any atom is -0.398 e. The third kappa shape index (κ3) is 2.54. The molecule has 0 spiro atoms. The number of aryl methyl sites for hydroxylation is 1. The molecule has 0 radical (unpaired) electrons. The van der Waals surface area contributed by atoms with E-state index in [-0.39, 0.29) is 11.9 Å². The summed E-state index contributed by atoms with van der Waals surface area (Å²) in [6.07, 6.45) is 0.948. The number of carbonyl (C=O) groups excluding carboxylic acids is 1. The Morgan fingerprint density at radius 3 is 2.62 bits per heavy atom. The highest BCUT2D eigenvalue weighted by atomic mass is 16.2. The quantitative estimate of drug-likeness (QED) is 0.795. The van der Waals surface area contributed by atoms with E-state index >= 15 is 0 Å². The van der Waals surface area contributed by atoms with Crippen molar-refractivity contribution in [2.75, 3.05) is 12.8 Å². The molecule has 0 heterocycles. The summed E-state index contributed by atoms with van der Waals surface area (Å²) >= 11 is 0. The molecule has 1 rings (SSSR count). The van der Waals surface area contributed by atoms with Gasteiger partial charge in [0.2, 0.25) is 0 Å². The Morgan fingerprint density at radius 2 is 2.12 bits per heavy atom. The summed E-state index contributed by atoms with van der Waals surface area (Å²) in [7, 11) is 1.83. The van der Waals surface area contributed by atoms with Crippen molar-refractivity contribution in [3.63, 3.8) is 0 Å². The average Bonchev–Trinajstić information content (AvgIpc) is 2.29. The number of hydrogen-bond donors (Lipinski definition) is 1. The van der Waals surface area contributed by atoms with Gasteiger partial charge in [-0.05, 0) is 38.0 Å². The highest BCUT2D eigenvalue weighted by molar-refractivity contribution is 5.95. The third-order valence-corrected chi connectivity index (χ3v) is 3.10. The Hall–Kier alpha value is -1.51. The van der Waals surface area contributed by atoms with Gasteiger partial charge in [-0.15, -0.1) is 0 Å². The number of hydrogen-bond acceptors (Lipinski definition) is 2. The van der Waals surface area contributed by atoms with Gasteiger partial charge in [-0.3, -0.25) is 4.79 Å². The molecule has 3 heteroatoms. The molecule has 1 atom stereocenters. The molecule has 16 heavy (non-hydrogen) atoms. The maximum absolute atomic E-state index is 12.1. The van der Waals surface area contributed by atoms with Crippen LogP contribution in [0.1, 0.15) is 36.2 Å². The van der Waals surface area contributed by atoms with Crippen molar-refractivity contribution in [2.45, 2.75) is 33.2 Å². The van der Waals surface area contributed by atoms with Gasteiger partial charge < -0.3 is 10.6 Å². The van der Waals surface area contributed by atoms with Crippen molar-refractivity contribution < 1.29 is 4.79 Å². The minimum absolute atomic E-state index is 0.0288. The van der Waals surface area contributed by atoms with E-state index in [0.717, 1.165) is 12.0 Å². The average molecular weight is 220 g/mol. The van der Waals surface area contributed by atoms with Crippen LogP contribution in [-0.4, -0.2) is 23.9 Å². The van der Waals surface area contributed by atoms with Gasteiger partial charge in [0.05, 0.1) is 0 Å². The van der Waals surface area contributed by atoms with Crippen molar-refractivity contribution in [3.8, 4) is 0 Å². The summed E-state index contributed by atoms with van der Waals surface area (Å²) < 4.78 is 0. The van der Waals surface area contributed by atoms with Gasteiger partial charge in [-0.1, -0.05) is 13.0 Å². The molecule has 3 nitrogen and oxygen atoms in total. The fourth-order valence-electron chi connectivity index (χ4n) is 1.45. The molecule has 1 unspecified atom stereocenters. The highest BCUT2D eigenvalue weighted by Crippen LogP contribution is 2.15. The smallest absolute Gasteiger partial charge is 0.253 e. The van der Waals surface area contributed by atoms with Gasteiger partial charge in [-0.2, -0.15) is 0 Å². The first kappa shape index (κ1) is 12.6. The number of nitrogens with two attached hydrogens (primary N) is 1. The zero-order chi connectivity index (χ0) is 12.3. The van der Waals surface area contributed by atoms with E-state index < -0.39 is 0 Å². The number of anilines is 1. The van der Waals surface area contributed by atoms with E-state index in [0.29, 0.717) is 11.3 Å². The molecule has 1 amide bonds. The maximum atomic E-state index is 12.1. The van der Waals surface area contributed by atoms with Crippen LogP contribution in [0.15, 0.2) is 18.2 Å². The number of nitrogens with zero attached hydrogens (tertiary/aromatic N) is 1. The van der Waals surface area contributed by atoms with Gasteiger partial charge in [0, 0.05) is 24.3 Å². The Bertz CT molecular complexity index is 388. The molecule has 0 bridgehead atoms. The highest BCUT2D eigenvalue weighted by Gasteiger charge is 2.16. The predicted octanol–water partition coefficient (Wildman–Crippen LogP) is 2.45. The molecule has 1 aromatic carbocycles. The van der Waals surface area contributed by atoms with E-state index in [1.807, 2.05) is 33.0 Å². The summed E-state index contributed by atoms with van der Waals surface area (Å²) in [5.74, 6) is 0.0288. The number of rotatable bonds is 3. The fraction of sp³-hybridized carbons (Fsp3) is 0.462. The molecule has 0 saturated heterocycles. The molecule has 0 aliphatic heterocycles. The van der Waals surface area contributed by atoms with Crippen LogP contribution >= 0.6 is 0 Å². The Morgan fingerprint density at radius 1 is 1.50 bits per heavy atom. The molecular formula is C13H20N2O. The second kappa shape index (κ2) is 5.01. The van der Waals surface area contributed by atoms with Gasteiger partial charge >= 0.3 is 0 Å². The van der Waals surface area contributed by atoms with Crippen LogP contribution < -0.4 is 5.73 Å². The van der Waals surface area contributed by atoms with Gasteiger partial charge in [0.25, 0.3) is 5.91 Å². The first-order valence-electron chi connectivity index (χ1n) is 5.60. The van der Waals surface area contributed by atoms with Crippen LogP contribution in [0.4, 0.5) is 5.69 Å². The molecule has 0 saturated carbocycles. The third-order valence-electron chi connectivity index (χ3n) is 3.10. The lowest BCUT2D eigenvalue weighted by Gasteiger charge is -2.24. The van der Waals surface area contributed by atoms with Crippen LogP contribution in [0, 0.1) is 6.92 Å². The second-order valence-corrected chi connectivity index (χ2v) is 4.24. The molecule has 88 valence electrons. The van der Waals surface area contributed by atoms with Crippen molar-refractivity contribution >= 4 is 11.6 Å². The van der Waals surface area contributed by atoms with Gasteiger partial charge in [0.1, 0.15) is 0 Å². The first-order chi connectivity index (χ1) is 7.47. The van der Waals surface area contributed by atoms with Crippen LogP contribution in [0.3, 0.4) is 0 Å². The Kier molecular flexibility index (Phi) is 3.93. The molecule has 1 aromatic rings. The summed E-state index contributed by atoms with van der Waals surface area (Å²) in [6, 6.07) is 5.70. The van der Waals surface area contributed by atoms with Crippen LogP contribution in [-0.2, 0) is 0 Å². The monoisotopic (exact) mass is 220 g/mol. The van der Waals surface area contributed by atoms with E-state index in [1.54, 1.807) is 11.0 Å². The van der Waals surface area contributed by atoms with Crippen molar-refractivity contribution in [1.82, 2.24) is 4.90 Å². The normalized spacial score (nSPS) is 12.2. The number of nitrogen functional groups attached to an aromatic ring is 1. The SMILES string of the molecule is CCC(C)N(C)C(=O)c1ccc(C)c(N)c1. The Balaban J connectivity index is 2.92. The number of carbonyl (C=O) groups is 1. The minimum atomic E-state index is 0.0288. The summed E-state index contributed by atoms with van der Waals surface area (Å²) in [5.41, 5.74) is 8.13. The van der Waals surface area contributed by atoms with E-state index in [4.69, 9.17) is 5.73 Å². The van der Waals surface area contributed by atoms with E-state index in [9.17, 15) is 4.79 Å². The van der Waals surface area contributed by atoms with Gasteiger partial charge in [-0.25, -0.2) is 0 Å². The molecule has 0 aliphatic carbocycles. The second-order valence-electron chi connectivity index (χ2n) is 4.24. The standard InChI is InChI=1S/C13H20N2O/c1-5-10(3)15(4)13(16)11-7-6-9(2)12(14)8-11/h6-8,10H,5,14H2,1-4H3. The zero-order valence-corrected chi connectivity index (χ0v) is 10.4. The zero-order valence-electron chi connectivity index (χ0n) is 10.4.